The van der Waals surface area contributed by atoms with Crippen LogP contribution in [0.15, 0.2) is 36.4 Å². The van der Waals surface area contributed by atoms with E-state index in [9.17, 15) is 5.11 Å². The highest BCUT2D eigenvalue weighted by Gasteiger charge is 2.03. The van der Waals surface area contributed by atoms with Gasteiger partial charge >= 0.3 is 0 Å². The molecule has 0 heterocycles. The Morgan fingerprint density at radius 3 is 2.47 bits per heavy atom. The number of aliphatic hydroxyl groups excluding tert-OH is 1. The molecule has 0 bridgehead atoms. The van der Waals surface area contributed by atoms with Gasteiger partial charge in [0.25, 0.3) is 0 Å². The lowest BCUT2D eigenvalue weighted by atomic mass is 9.99. The smallest absolute Gasteiger partial charge is 0.0724 e. The minimum Gasteiger partial charge on any atom is -0.389 e. The Morgan fingerprint density at radius 2 is 1.93 bits per heavy atom. The van der Waals surface area contributed by atoms with E-state index in [2.05, 4.69) is 19.1 Å². The fourth-order valence-electron chi connectivity index (χ4n) is 1.60. The first-order valence-corrected chi connectivity index (χ1v) is 5.72. The van der Waals surface area contributed by atoms with Crippen LogP contribution in [0.1, 0.15) is 38.7 Å². The third-order valence-corrected chi connectivity index (χ3v) is 2.48. The van der Waals surface area contributed by atoms with E-state index in [4.69, 9.17) is 0 Å². The molecule has 0 saturated heterocycles. The molecule has 1 aromatic rings. The summed E-state index contributed by atoms with van der Waals surface area (Å²) in [6, 6.07) is 10.3. The summed E-state index contributed by atoms with van der Waals surface area (Å²) in [6.07, 6.45) is 4.59. The predicted octanol–water partition coefficient (Wildman–Crippen LogP) is 3.64. The second-order valence-electron chi connectivity index (χ2n) is 3.78. The van der Waals surface area contributed by atoms with Crippen molar-refractivity contribution in [3.05, 3.63) is 42.0 Å². The summed E-state index contributed by atoms with van der Waals surface area (Å²) in [5, 5.41) is 9.64. The van der Waals surface area contributed by atoms with Crippen LogP contribution in [-0.4, -0.2) is 11.2 Å². The zero-order valence-electron chi connectivity index (χ0n) is 9.61. The number of rotatable bonds is 5. The fourth-order valence-corrected chi connectivity index (χ4v) is 1.60. The van der Waals surface area contributed by atoms with Crippen LogP contribution in [0.25, 0.3) is 5.57 Å². The summed E-state index contributed by atoms with van der Waals surface area (Å²) in [4.78, 5) is 0. The molecular formula is C14H20O. The molecule has 0 aromatic heterocycles. The molecule has 0 aliphatic heterocycles. The van der Waals surface area contributed by atoms with Crippen LogP contribution in [0.2, 0.25) is 0 Å². The van der Waals surface area contributed by atoms with E-state index in [1.54, 1.807) is 0 Å². The molecule has 1 aromatic carbocycles. The maximum Gasteiger partial charge on any atom is 0.0724 e. The first kappa shape index (κ1) is 12.0. The van der Waals surface area contributed by atoms with E-state index in [1.165, 1.54) is 11.1 Å². The summed E-state index contributed by atoms with van der Waals surface area (Å²) >= 11 is 0. The van der Waals surface area contributed by atoms with Crippen LogP contribution in [0.4, 0.5) is 0 Å². The largest absolute Gasteiger partial charge is 0.389 e. The number of aliphatic hydroxyl groups is 1. The average molecular weight is 204 g/mol. The quantitative estimate of drug-likeness (QED) is 0.776. The highest BCUT2D eigenvalue weighted by atomic mass is 16.3. The van der Waals surface area contributed by atoms with Gasteiger partial charge in [0.1, 0.15) is 0 Å². The molecule has 0 spiro atoms. The number of allylic oxidation sites excluding steroid dienone is 1. The summed E-state index contributed by atoms with van der Waals surface area (Å²) in [6.45, 7) is 4.16. The van der Waals surface area contributed by atoms with Crippen molar-refractivity contribution in [3.63, 3.8) is 0 Å². The number of benzene rings is 1. The van der Waals surface area contributed by atoms with E-state index < -0.39 is 0 Å². The van der Waals surface area contributed by atoms with Crippen molar-refractivity contribution < 1.29 is 5.11 Å². The van der Waals surface area contributed by atoms with Gasteiger partial charge in [0.2, 0.25) is 0 Å². The molecule has 82 valence electrons. The Kier molecular flexibility index (Phi) is 5.13. The second kappa shape index (κ2) is 6.41. The van der Waals surface area contributed by atoms with Gasteiger partial charge in [0.05, 0.1) is 6.10 Å². The van der Waals surface area contributed by atoms with Crippen molar-refractivity contribution in [2.75, 3.05) is 0 Å². The normalized spacial score (nSPS) is 13.9. The molecule has 1 unspecified atom stereocenters. The first-order chi connectivity index (χ1) is 7.27. The van der Waals surface area contributed by atoms with Gasteiger partial charge in [0.15, 0.2) is 0 Å². The van der Waals surface area contributed by atoms with E-state index in [1.807, 2.05) is 31.2 Å². The van der Waals surface area contributed by atoms with E-state index in [-0.39, 0.29) is 6.10 Å². The molecule has 0 amide bonds. The topological polar surface area (TPSA) is 20.2 Å². The molecular weight excluding hydrogens is 184 g/mol. The standard InChI is InChI=1S/C14H20O/c1-3-8-13(11-14(15)4-2)12-9-6-5-7-10-12/h5-7,9-11,14-15H,3-4,8H2,1-2H3/b13-11+. The lowest BCUT2D eigenvalue weighted by molar-refractivity contribution is 0.219. The van der Waals surface area contributed by atoms with Crippen molar-refractivity contribution in [2.45, 2.75) is 39.2 Å². The van der Waals surface area contributed by atoms with Crippen LogP contribution < -0.4 is 0 Å². The molecule has 0 fully saturated rings. The van der Waals surface area contributed by atoms with Crippen molar-refractivity contribution in [1.82, 2.24) is 0 Å². The highest BCUT2D eigenvalue weighted by molar-refractivity contribution is 5.65. The van der Waals surface area contributed by atoms with Crippen LogP contribution >= 0.6 is 0 Å². The van der Waals surface area contributed by atoms with Gasteiger partial charge in [-0.2, -0.15) is 0 Å². The van der Waals surface area contributed by atoms with Gasteiger partial charge in [-0.1, -0.05) is 56.7 Å². The lowest BCUT2D eigenvalue weighted by Gasteiger charge is -2.09. The number of hydrogen-bond donors (Lipinski definition) is 1. The van der Waals surface area contributed by atoms with Gasteiger partial charge in [0, 0.05) is 0 Å². The molecule has 0 aliphatic carbocycles. The fraction of sp³-hybridized carbons (Fsp3) is 0.429. The molecule has 0 aliphatic rings. The minimum atomic E-state index is -0.313. The highest BCUT2D eigenvalue weighted by Crippen LogP contribution is 2.20. The van der Waals surface area contributed by atoms with Crippen molar-refractivity contribution >= 4 is 5.57 Å². The summed E-state index contributed by atoms with van der Waals surface area (Å²) < 4.78 is 0. The SMILES string of the molecule is CCC/C(=C\C(O)CC)c1ccccc1. The van der Waals surface area contributed by atoms with E-state index in [0.717, 1.165) is 19.3 Å². The maximum atomic E-state index is 9.64. The molecule has 1 nitrogen and oxygen atoms in total. The van der Waals surface area contributed by atoms with Crippen LogP contribution in [0.3, 0.4) is 0 Å². The zero-order valence-corrected chi connectivity index (χ0v) is 9.61. The predicted molar refractivity (Wildman–Crippen MR) is 65.6 cm³/mol. The average Bonchev–Trinajstić information content (AvgIpc) is 2.29. The van der Waals surface area contributed by atoms with Gasteiger partial charge in [-0.25, -0.2) is 0 Å². The Hall–Kier alpha value is -1.08. The minimum absolute atomic E-state index is 0.313. The van der Waals surface area contributed by atoms with Gasteiger partial charge in [-0.15, -0.1) is 0 Å². The number of hydrogen-bond acceptors (Lipinski definition) is 1. The third-order valence-electron chi connectivity index (χ3n) is 2.48. The Morgan fingerprint density at radius 1 is 1.27 bits per heavy atom. The van der Waals surface area contributed by atoms with Gasteiger partial charge in [-0.05, 0) is 24.0 Å². The van der Waals surface area contributed by atoms with Gasteiger partial charge in [-0.3, -0.25) is 0 Å². The monoisotopic (exact) mass is 204 g/mol. The lowest BCUT2D eigenvalue weighted by Crippen LogP contribution is -2.00. The Labute approximate surface area is 92.5 Å². The van der Waals surface area contributed by atoms with Gasteiger partial charge < -0.3 is 5.11 Å². The molecule has 15 heavy (non-hydrogen) atoms. The molecule has 1 heteroatoms. The third kappa shape index (κ3) is 3.88. The Bertz CT molecular complexity index is 300. The summed E-state index contributed by atoms with van der Waals surface area (Å²) in [5.41, 5.74) is 2.49. The van der Waals surface area contributed by atoms with E-state index >= 15 is 0 Å². The van der Waals surface area contributed by atoms with Crippen LogP contribution in [-0.2, 0) is 0 Å². The zero-order chi connectivity index (χ0) is 11.1. The maximum absolute atomic E-state index is 9.64. The van der Waals surface area contributed by atoms with E-state index in [0.29, 0.717) is 0 Å². The molecule has 1 atom stereocenters. The summed E-state index contributed by atoms with van der Waals surface area (Å²) in [7, 11) is 0. The van der Waals surface area contributed by atoms with Crippen LogP contribution in [0, 0.1) is 0 Å². The second-order valence-corrected chi connectivity index (χ2v) is 3.78. The Balaban J connectivity index is 2.88. The van der Waals surface area contributed by atoms with Crippen LogP contribution in [0.5, 0.6) is 0 Å². The first-order valence-electron chi connectivity index (χ1n) is 5.72. The van der Waals surface area contributed by atoms with Crippen molar-refractivity contribution in [1.29, 1.82) is 0 Å². The van der Waals surface area contributed by atoms with Crippen molar-refractivity contribution in [2.24, 2.45) is 0 Å². The molecule has 0 radical (unpaired) electrons. The molecule has 1 N–H and O–H groups in total. The summed E-state index contributed by atoms with van der Waals surface area (Å²) in [5.74, 6) is 0. The molecule has 1 rings (SSSR count). The van der Waals surface area contributed by atoms with Crippen molar-refractivity contribution in [3.8, 4) is 0 Å². The molecule has 0 saturated carbocycles.